The van der Waals surface area contributed by atoms with E-state index in [0.29, 0.717) is 10.0 Å². The van der Waals surface area contributed by atoms with Gasteiger partial charge in [0.2, 0.25) is 5.91 Å². The van der Waals surface area contributed by atoms with Crippen LogP contribution in [-0.2, 0) is 10.3 Å². The van der Waals surface area contributed by atoms with Crippen LogP contribution in [0.3, 0.4) is 0 Å². The molecule has 1 atom stereocenters. The minimum absolute atomic E-state index is 0.103. The Bertz CT molecular complexity index is 629. The maximum Gasteiger partial charge on any atom is 0.248 e. The van der Waals surface area contributed by atoms with Gasteiger partial charge in [0.15, 0.2) is 0 Å². The first-order chi connectivity index (χ1) is 9.41. The van der Waals surface area contributed by atoms with Gasteiger partial charge < -0.3 is 11.1 Å². The molecule has 0 saturated carbocycles. The Morgan fingerprint density at radius 1 is 1.25 bits per heavy atom. The number of amides is 1. The maximum absolute atomic E-state index is 13.7. The second kappa shape index (κ2) is 5.73. The first-order valence-electron chi connectivity index (χ1n) is 6.02. The van der Waals surface area contributed by atoms with Crippen molar-refractivity contribution in [1.82, 2.24) is 0 Å². The zero-order valence-corrected chi connectivity index (χ0v) is 12.4. The van der Waals surface area contributed by atoms with E-state index in [1.165, 1.54) is 12.1 Å². The van der Waals surface area contributed by atoms with Crippen molar-refractivity contribution in [2.75, 3.05) is 5.32 Å². The van der Waals surface area contributed by atoms with Gasteiger partial charge in [-0.3, -0.25) is 4.79 Å². The summed E-state index contributed by atoms with van der Waals surface area (Å²) in [7, 11) is 0. The number of hydrogen-bond acceptors (Lipinski definition) is 2. The predicted molar refractivity (Wildman–Crippen MR) is 80.7 cm³/mol. The van der Waals surface area contributed by atoms with Gasteiger partial charge in [-0.2, -0.15) is 0 Å². The molecule has 0 bridgehead atoms. The van der Waals surface area contributed by atoms with Gasteiger partial charge in [-0.25, -0.2) is 4.39 Å². The third kappa shape index (κ3) is 3.05. The summed E-state index contributed by atoms with van der Waals surface area (Å²) in [5, 5.41) is 2.52. The summed E-state index contributed by atoms with van der Waals surface area (Å²) in [6.45, 7) is 1.59. The Morgan fingerprint density at radius 3 is 2.50 bits per heavy atom. The Morgan fingerprint density at radius 2 is 1.90 bits per heavy atom. The normalized spacial score (nSPS) is 13.6. The van der Waals surface area contributed by atoms with Crippen LogP contribution in [0.25, 0.3) is 0 Å². The number of nitrogens with one attached hydrogen (secondary N) is 1. The lowest BCUT2D eigenvalue weighted by molar-refractivity contribution is -0.120. The van der Waals surface area contributed by atoms with Crippen molar-refractivity contribution in [3.8, 4) is 0 Å². The number of carbonyl (C=O) groups is 1. The molecule has 3 nitrogen and oxygen atoms in total. The number of benzene rings is 2. The number of halogens is 2. The lowest BCUT2D eigenvalue weighted by Gasteiger charge is -2.24. The standard InChI is InChI=1S/C15H14BrFN2O/c1-15(18,10-5-3-2-4-6-10)14(20)19-13-8-7-11(16)9-12(13)17/h2-9H,18H2,1H3,(H,19,20). The van der Waals surface area contributed by atoms with Crippen molar-refractivity contribution in [2.24, 2.45) is 5.73 Å². The Kier molecular flexibility index (Phi) is 4.20. The monoisotopic (exact) mass is 336 g/mol. The van der Waals surface area contributed by atoms with Crippen LogP contribution in [0.5, 0.6) is 0 Å². The van der Waals surface area contributed by atoms with E-state index in [1.807, 2.05) is 6.07 Å². The summed E-state index contributed by atoms with van der Waals surface area (Å²) < 4.78 is 14.3. The number of rotatable bonds is 3. The topological polar surface area (TPSA) is 55.1 Å². The number of nitrogens with two attached hydrogens (primary N) is 1. The quantitative estimate of drug-likeness (QED) is 0.902. The van der Waals surface area contributed by atoms with E-state index < -0.39 is 17.3 Å². The van der Waals surface area contributed by atoms with Crippen LogP contribution in [0, 0.1) is 5.82 Å². The van der Waals surface area contributed by atoms with E-state index in [0.717, 1.165) is 0 Å². The van der Waals surface area contributed by atoms with Crippen molar-refractivity contribution in [3.05, 3.63) is 64.4 Å². The van der Waals surface area contributed by atoms with Crippen LogP contribution in [0.4, 0.5) is 10.1 Å². The molecule has 2 aromatic rings. The van der Waals surface area contributed by atoms with E-state index in [1.54, 1.807) is 37.3 Å². The second-order valence-electron chi connectivity index (χ2n) is 4.65. The molecule has 1 unspecified atom stereocenters. The molecule has 0 aliphatic heterocycles. The van der Waals surface area contributed by atoms with Crippen molar-refractivity contribution >= 4 is 27.5 Å². The third-order valence-electron chi connectivity index (χ3n) is 3.02. The van der Waals surface area contributed by atoms with E-state index in [-0.39, 0.29) is 5.69 Å². The van der Waals surface area contributed by atoms with Gasteiger partial charge in [-0.15, -0.1) is 0 Å². The molecule has 20 heavy (non-hydrogen) atoms. The summed E-state index contributed by atoms with van der Waals surface area (Å²) in [6.07, 6.45) is 0. The highest BCUT2D eigenvalue weighted by Crippen LogP contribution is 2.23. The Hall–Kier alpha value is -1.72. The fourth-order valence-electron chi connectivity index (χ4n) is 1.76. The van der Waals surface area contributed by atoms with Crippen LogP contribution in [-0.4, -0.2) is 5.91 Å². The fraction of sp³-hybridized carbons (Fsp3) is 0.133. The number of carbonyl (C=O) groups excluding carboxylic acids is 1. The molecular formula is C15H14BrFN2O. The van der Waals surface area contributed by atoms with Crippen molar-refractivity contribution in [2.45, 2.75) is 12.5 Å². The Balaban J connectivity index is 2.23. The minimum Gasteiger partial charge on any atom is -0.322 e. The van der Waals surface area contributed by atoms with Gasteiger partial charge in [0.1, 0.15) is 11.4 Å². The SMILES string of the molecule is CC(N)(C(=O)Nc1ccc(Br)cc1F)c1ccccc1. The predicted octanol–water partition coefficient (Wildman–Crippen LogP) is 3.40. The molecule has 5 heteroatoms. The second-order valence-corrected chi connectivity index (χ2v) is 5.56. The first kappa shape index (κ1) is 14.7. The van der Waals surface area contributed by atoms with Gasteiger partial charge >= 0.3 is 0 Å². The molecule has 0 fully saturated rings. The van der Waals surface area contributed by atoms with Gasteiger partial charge in [0.05, 0.1) is 5.69 Å². The highest BCUT2D eigenvalue weighted by atomic mass is 79.9. The molecular weight excluding hydrogens is 323 g/mol. The van der Waals surface area contributed by atoms with Crippen LogP contribution in [0.1, 0.15) is 12.5 Å². The lowest BCUT2D eigenvalue weighted by atomic mass is 9.92. The summed E-state index contributed by atoms with van der Waals surface area (Å²) in [6, 6.07) is 13.4. The smallest absolute Gasteiger partial charge is 0.248 e. The molecule has 104 valence electrons. The summed E-state index contributed by atoms with van der Waals surface area (Å²) in [5.74, 6) is -0.985. The highest BCUT2D eigenvalue weighted by Gasteiger charge is 2.30. The van der Waals surface area contributed by atoms with Crippen molar-refractivity contribution < 1.29 is 9.18 Å². The third-order valence-corrected chi connectivity index (χ3v) is 3.52. The molecule has 0 spiro atoms. The van der Waals surface area contributed by atoms with Gasteiger partial charge in [0.25, 0.3) is 0 Å². The highest BCUT2D eigenvalue weighted by molar-refractivity contribution is 9.10. The first-order valence-corrected chi connectivity index (χ1v) is 6.81. The van der Waals surface area contributed by atoms with E-state index >= 15 is 0 Å². The Labute approximate surface area is 125 Å². The summed E-state index contributed by atoms with van der Waals surface area (Å²) in [5.41, 5.74) is 5.59. The van der Waals surface area contributed by atoms with E-state index in [2.05, 4.69) is 21.2 Å². The molecule has 0 aliphatic carbocycles. The zero-order valence-electron chi connectivity index (χ0n) is 10.9. The summed E-state index contributed by atoms with van der Waals surface area (Å²) >= 11 is 3.16. The van der Waals surface area contributed by atoms with Crippen LogP contribution < -0.4 is 11.1 Å². The molecule has 0 aromatic heterocycles. The number of hydrogen-bond donors (Lipinski definition) is 2. The van der Waals surface area contributed by atoms with Crippen molar-refractivity contribution in [3.63, 3.8) is 0 Å². The lowest BCUT2D eigenvalue weighted by Crippen LogP contribution is -2.45. The van der Waals surface area contributed by atoms with E-state index in [9.17, 15) is 9.18 Å². The molecule has 1 amide bonds. The molecule has 2 rings (SSSR count). The molecule has 0 aliphatic rings. The minimum atomic E-state index is -1.24. The average Bonchev–Trinajstić information content (AvgIpc) is 2.42. The molecule has 0 heterocycles. The fourth-order valence-corrected chi connectivity index (χ4v) is 2.09. The van der Waals surface area contributed by atoms with Crippen LogP contribution in [0.2, 0.25) is 0 Å². The summed E-state index contributed by atoms with van der Waals surface area (Å²) in [4.78, 5) is 12.3. The van der Waals surface area contributed by atoms with Gasteiger partial charge in [-0.05, 0) is 30.7 Å². The van der Waals surface area contributed by atoms with Crippen molar-refractivity contribution in [1.29, 1.82) is 0 Å². The van der Waals surface area contributed by atoms with Gasteiger partial charge in [-0.1, -0.05) is 46.3 Å². The van der Waals surface area contributed by atoms with Gasteiger partial charge in [0, 0.05) is 4.47 Å². The molecule has 3 N–H and O–H groups in total. The molecule has 0 radical (unpaired) electrons. The average molecular weight is 337 g/mol. The largest absolute Gasteiger partial charge is 0.322 e. The maximum atomic E-state index is 13.7. The number of anilines is 1. The molecule has 2 aromatic carbocycles. The van der Waals surface area contributed by atoms with Crippen LogP contribution in [0.15, 0.2) is 53.0 Å². The zero-order chi connectivity index (χ0) is 14.8. The van der Waals surface area contributed by atoms with Crippen LogP contribution >= 0.6 is 15.9 Å². The molecule has 0 saturated heterocycles. The van der Waals surface area contributed by atoms with E-state index in [4.69, 9.17) is 5.73 Å².